The SMILES string of the molecule is CCS(=O)(=O)Nc1ccc(C(=O)Nc2cccc(Cl)n2)c(N2CCC(CCCC3CCN(C(=O)OC(C)(C)C)CC3)CC2)c1. The van der Waals surface area contributed by atoms with Crippen molar-refractivity contribution in [3.05, 3.63) is 47.1 Å². The van der Waals surface area contributed by atoms with Crippen molar-refractivity contribution < 1.29 is 22.7 Å². The molecule has 10 nitrogen and oxygen atoms in total. The van der Waals surface area contributed by atoms with Gasteiger partial charge in [-0.3, -0.25) is 9.52 Å². The summed E-state index contributed by atoms with van der Waals surface area (Å²) in [7, 11) is -3.47. The van der Waals surface area contributed by atoms with E-state index in [-0.39, 0.29) is 22.9 Å². The summed E-state index contributed by atoms with van der Waals surface area (Å²) in [4.78, 5) is 33.9. The number of carbonyl (C=O) groups excluding carboxylic acids is 2. The predicted molar refractivity (Wildman–Crippen MR) is 176 cm³/mol. The first-order valence-corrected chi connectivity index (χ1v) is 17.7. The fourth-order valence-corrected chi connectivity index (χ4v) is 6.64. The van der Waals surface area contributed by atoms with Crippen LogP contribution in [0, 0.1) is 11.8 Å². The fraction of sp³-hybridized carbons (Fsp3) is 0.594. The number of nitrogens with zero attached hydrogens (tertiary/aromatic N) is 3. The van der Waals surface area contributed by atoms with Crippen molar-refractivity contribution in [2.75, 3.05) is 46.9 Å². The lowest BCUT2D eigenvalue weighted by atomic mass is 9.86. The summed E-state index contributed by atoms with van der Waals surface area (Å²) in [5, 5.41) is 3.09. The highest BCUT2D eigenvalue weighted by molar-refractivity contribution is 7.92. The smallest absolute Gasteiger partial charge is 0.410 e. The van der Waals surface area contributed by atoms with E-state index in [1.165, 1.54) is 6.42 Å². The zero-order chi connectivity index (χ0) is 31.9. The Morgan fingerprint density at radius 1 is 1.00 bits per heavy atom. The number of ether oxygens (including phenoxy) is 1. The molecule has 4 rings (SSSR count). The highest BCUT2D eigenvalue weighted by Gasteiger charge is 2.28. The highest BCUT2D eigenvalue weighted by atomic mass is 35.5. The number of benzene rings is 1. The molecule has 2 aliphatic rings. The van der Waals surface area contributed by atoms with Crippen LogP contribution >= 0.6 is 11.6 Å². The number of hydrogen-bond acceptors (Lipinski definition) is 7. The second-order valence-corrected chi connectivity index (χ2v) is 15.2. The highest BCUT2D eigenvalue weighted by Crippen LogP contribution is 2.33. The van der Waals surface area contributed by atoms with Crippen molar-refractivity contribution >= 4 is 50.8 Å². The molecule has 0 saturated carbocycles. The van der Waals surface area contributed by atoms with Crippen molar-refractivity contribution in [2.24, 2.45) is 11.8 Å². The number of amides is 2. The lowest BCUT2D eigenvalue weighted by Crippen LogP contribution is -2.41. The first kappa shape index (κ1) is 33.8. The third kappa shape index (κ3) is 9.99. The number of anilines is 3. The molecule has 0 unspecified atom stereocenters. The molecular weight excluding hydrogens is 602 g/mol. The zero-order valence-electron chi connectivity index (χ0n) is 26.3. The molecule has 2 fully saturated rings. The summed E-state index contributed by atoms with van der Waals surface area (Å²) in [6.45, 7) is 10.3. The molecule has 12 heteroatoms. The Labute approximate surface area is 266 Å². The van der Waals surface area contributed by atoms with Crippen LogP contribution in [0.25, 0.3) is 0 Å². The van der Waals surface area contributed by atoms with Crippen molar-refractivity contribution in [1.82, 2.24) is 9.88 Å². The van der Waals surface area contributed by atoms with Gasteiger partial charge in [0, 0.05) is 26.2 Å². The molecule has 2 aromatic rings. The largest absolute Gasteiger partial charge is 0.444 e. The number of aromatic nitrogens is 1. The van der Waals surface area contributed by atoms with Crippen LogP contribution in [-0.4, -0.2) is 67.8 Å². The summed E-state index contributed by atoms with van der Waals surface area (Å²) in [5.41, 5.74) is 1.10. The second kappa shape index (κ2) is 14.8. The molecule has 3 heterocycles. The molecule has 2 aliphatic heterocycles. The van der Waals surface area contributed by atoms with Crippen molar-refractivity contribution in [3.8, 4) is 0 Å². The number of sulfonamides is 1. The molecule has 2 N–H and O–H groups in total. The number of piperidine rings is 2. The van der Waals surface area contributed by atoms with Crippen molar-refractivity contribution in [3.63, 3.8) is 0 Å². The Kier molecular flexibility index (Phi) is 11.4. The topological polar surface area (TPSA) is 121 Å². The van der Waals surface area contributed by atoms with Gasteiger partial charge in [-0.2, -0.15) is 0 Å². The van der Waals surface area contributed by atoms with E-state index in [4.69, 9.17) is 16.3 Å². The van der Waals surface area contributed by atoms with E-state index in [1.54, 1.807) is 43.3 Å². The Balaban J connectivity index is 1.32. The van der Waals surface area contributed by atoms with Gasteiger partial charge in [-0.15, -0.1) is 0 Å². The Hall–Kier alpha value is -3.05. The number of likely N-dealkylation sites (tertiary alicyclic amines) is 1. The maximum Gasteiger partial charge on any atom is 0.410 e. The molecule has 1 aromatic heterocycles. The number of nitrogens with one attached hydrogen (secondary N) is 2. The monoisotopic (exact) mass is 647 g/mol. The predicted octanol–water partition coefficient (Wildman–Crippen LogP) is 6.78. The quantitative estimate of drug-likeness (QED) is 0.273. The summed E-state index contributed by atoms with van der Waals surface area (Å²) in [6, 6.07) is 10.0. The molecular formula is C32H46ClN5O5S. The molecule has 44 heavy (non-hydrogen) atoms. The summed E-state index contributed by atoms with van der Waals surface area (Å²) in [5.74, 6) is 1.21. The molecule has 2 saturated heterocycles. The van der Waals surface area contributed by atoms with Gasteiger partial charge in [0.2, 0.25) is 10.0 Å². The van der Waals surface area contributed by atoms with Gasteiger partial charge in [-0.05, 0) is 95.5 Å². The van der Waals surface area contributed by atoms with Crippen LogP contribution in [0.15, 0.2) is 36.4 Å². The van der Waals surface area contributed by atoms with Crippen LogP contribution in [0.2, 0.25) is 5.15 Å². The summed E-state index contributed by atoms with van der Waals surface area (Å²) >= 11 is 6.00. The molecule has 1 aromatic carbocycles. The first-order valence-electron chi connectivity index (χ1n) is 15.6. The number of pyridine rings is 1. The van der Waals surface area contributed by atoms with Crippen LogP contribution in [0.3, 0.4) is 0 Å². The lowest BCUT2D eigenvalue weighted by Gasteiger charge is -2.35. The van der Waals surface area contributed by atoms with E-state index < -0.39 is 15.6 Å². The van der Waals surface area contributed by atoms with Crippen molar-refractivity contribution in [2.45, 2.75) is 78.2 Å². The molecule has 2 amide bonds. The Morgan fingerprint density at radius 2 is 1.64 bits per heavy atom. The minimum absolute atomic E-state index is 0.0424. The van der Waals surface area contributed by atoms with Crippen LogP contribution in [0.5, 0.6) is 0 Å². The maximum absolute atomic E-state index is 13.3. The third-order valence-corrected chi connectivity index (χ3v) is 9.82. The van der Waals surface area contributed by atoms with Gasteiger partial charge >= 0.3 is 6.09 Å². The third-order valence-electron chi connectivity index (χ3n) is 8.30. The lowest BCUT2D eigenvalue weighted by molar-refractivity contribution is 0.0180. The number of carbonyl (C=O) groups is 2. The van der Waals surface area contributed by atoms with Crippen LogP contribution < -0.4 is 14.9 Å². The standard InChI is InChI=1S/C32H46ClN5O5S/c1-5-44(41,42)36-25-12-13-26(30(39)35-29-11-7-10-28(33)34-29)27(22-25)37-18-14-23(15-19-37)8-6-9-24-16-20-38(21-17-24)31(40)43-32(2,3)4/h7,10-13,22-24,36H,5-6,8-9,14-21H2,1-4H3,(H,34,35,39). The van der Waals surface area contributed by atoms with Gasteiger partial charge in [-0.1, -0.05) is 36.9 Å². The minimum atomic E-state index is -3.47. The van der Waals surface area contributed by atoms with E-state index >= 15 is 0 Å². The van der Waals surface area contributed by atoms with Gasteiger partial charge in [0.1, 0.15) is 16.6 Å². The molecule has 0 bridgehead atoms. The number of rotatable bonds is 10. The van der Waals surface area contributed by atoms with E-state index in [1.807, 2.05) is 25.7 Å². The molecule has 0 aliphatic carbocycles. The van der Waals surface area contributed by atoms with E-state index in [9.17, 15) is 18.0 Å². The van der Waals surface area contributed by atoms with E-state index in [0.29, 0.717) is 34.6 Å². The zero-order valence-corrected chi connectivity index (χ0v) is 27.8. The first-order chi connectivity index (χ1) is 20.8. The second-order valence-electron chi connectivity index (χ2n) is 12.8. The maximum atomic E-state index is 13.3. The van der Waals surface area contributed by atoms with Gasteiger partial charge in [0.25, 0.3) is 5.91 Å². The van der Waals surface area contributed by atoms with Gasteiger partial charge < -0.3 is 19.9 Å². The van der Waals surface area contributed by atoms with E-state index in [2.05, 4.69) is 19.9 Å². The van der Waals surface area contributed by atoms with E-state index in [0.717, 1.165) is 64.7 Å². The van der Waals surface area contributed by atoms with Crippen LogP contribution in [0.4, 0.5) is 22.0 Å². The normalized spacial score (nSPS) is 16.9. The van der Waals surface area contributed by atoms with Crippen LogP contribution in [-0.2, 0) is 14.8 Å². The van der Waals surface area contributed by atoms with Gasteiger partial charge in [0.05, 0.1) is 22.7 Å². The molecule has 0 atom stereocenters. The molecule has 0 radical (unpaired) electrons. The Bertz CT molecular complexity index is 1400. The summed E-state index contributed by atoms with van der Waals surface area (Å²) < 4.78 is 32.6. The van der Waals surface area contributed by atoms with Crippen molar-refractivity contribution in [1.29, 1.82) is 0 Å². The van der Waals surface area contributed by atoms with Crippen LogP contribution in [0.1, 0.15) is 83.0 Å². The van der Waals surface area contributed by atoms with Gasteiger partial charge in [-0.25, -0.2) is 18.2 Å². The van der Waals surface area contributed by atoms with Gasteiger partial charge in [0.15, 0.2) is 0 Å². The number of halogens is 1. The number of hydrogen-bond donors (Lipinski definition) is 2. The Morgan fingerprint density at radius 3 is 2.23 bits per heavy atom. The average molecular weight is 648 g/mol. The minimum Gasteiger partial charge on any atom is -0.444 e. The fourth-order valence-electron chi connectivity index (χ4n) is 5.85. The molecule has 0 spiro atoms. The summed E-state index contributed by atoms with van der Waals surface area (Å²) in [6.07, 6.45) is 7.32. The average Bonchev–Trinajstić information content (AvgIpc) is 2.97. The molecule has 242 valence electrons.